The van der Waals surface area contributed by atoms with Gasteiger partial charge in [0.25, 0.3) is 0 Å². The first-order chi connectivity index (χ1) is 12.5. The van der Waals surface area contributed by atoms with Crippen LogP contribution >= 0.6 is 23.2 Å². The zero-order valence-electron chi connectivity index (χ0n) is 13.8. The standard InChI is InChI=1S/C19H15Cl2N3O2/c1-12-5-2-3-7-17(12)22-13-8-9-14(16(21)11-13)18(23-25)19-15(20)6-4-10-24(19)26/h2-11,18,22H,1H3. The van der Waals surface area contributed by atoms with Crippen LogP contribution < -0.4 is 10.0 Å². The summed E-state index contributed by atoms with van der Waals surface area (Å²) in [5.74, 6) is 0. The monoisotopic (exact) mass is 387 g/mol. The van der Waals surface area contributed by atoms with Crippen molar-refractivity contribution in [3.8, 4) is 0 Å². The molecule has 0 aliphatic rings. The maximum atomic E-state index is 12.0. The number of halogens is 2. The first-order valence-corrected chi connectivity index (χ1v) is 8.59. The number of anilines is 2. The fourth-order valence-electron chi connectivity index (χ4n) is 2.68. The molecular weight excluding hydrogens is 373 g/mol. The van der Waals surface area contributed by atoms with Gasteiger partial charge in [-0.2, -0.15) is 4.73 Å². The molecule has 1 atom stereocenters. The minimum atomic E-state index is -1.10. The molecule has 2 aromatic carbocycles. The summed E-state index contributed by atoms with van der Waals surface area (Å²) in [5.41, 5.74) is 3.25. The molecule has 0 spiro atoms. The summed E-state index contributed by atoms with van der Waals surface area (Å²) in [6.07, 6.45) is 1.27. The van der Waals surface area contributed by atoms with E-state index >= 15 is 0 Å². The summed E-state index contributed by atoms with van der Waals surface area (Å²) in [7, 11) is 0. The minimum Gasteiger partial charge on any atom is -0.618 e. The van der Waals surface area contributed by atoms with Gasteiger partial charge >= 0.3 is 0 Å². The van der Waals surface area contributed by atoms with Crippen LogP contribution in [-0.2, 0) is 0 Å². The third-order valence-corrected chi connectivity index (χ3v) is 4.68. The molecule has 3 aromatic rings. The van der Waals surface area contributed by atoms with Gasteiger partial charge < -0.3 is 10.5 Å². The van der Waals surface area contributed by atoms with Crippen molar-refractivity contribution in [2.45, 2.75) is 13.0 Å². The van der Waals surface area contributed by atoms with Gasteiger partial charge in [0, 0.05) is 28.0 Å². The number of nitrogens with one attached hydrogen (secondary N) is 1. The van der Waals surface area contributed by atoms with E-state index in [-0.39, 0.29) is 10.7 Å². The van der Waals surface area contributed by atoms with Crippen LogP contribution in [0.4, 0.5) is 11.4 Å². The average molecular weight is 388 g/mol. The maximum Gasteiger partial charge on any atom is 0.244 e. The molecule has 0 radical (unpaired) electrons. The first-order valence-electron chi connectivity index (χ1n) is 7.83. The lowest BCUT2D eigenvalue weighted by atomic mass is 10.0. The Kier molecular flexibility index (Phi) is 5.40. The van der Waals surface area contributed by atoms with Crippen molar-refractivity contribution < 1.29 is 4.73 Å². The number of aromatic nitrogens is 1. The average Bonchev–Trinajstić information content (AvgIpc) is 2.61. The topological polar surface area (TPSA) is 68.4 Å². The maximum absolute atomic E-state index is 12.0. The van der Waals surface area contributed by atoms with Crippen molar-refractivity contribution in [2.75, 3.05) is 5.32 Å². The SMILES string of the molecule is Cc1ccccc1Nc1ccc(C(N=O)c2c(Cl)ccc[n+]2[O-])c(Cl)c1. The highest BCUT2D eigenvalue weighted by Gasteiger charge is 2.28. The normalized spacial score (nSPS) is 11.8. The van der Waals surface area contributed by atoms with Gasteiger partial charge in [0.2, 0.25) is 11.7 Å². The third-order valence-electron chi connectivity index (χ3n) is 4.03. The number of aryl methyl sites for hydroxylation is 1. The Morgan fingerprint density at radius 1 is 1.08 bits per heavy atom. The molecule has 7 heteroatoms. The van der Waals surface area contributed by atoms with Gasteiger partial charge in [-0.25, -0.2) is 0 Å². The second-order valence-electron chi connectivity index (χ2n) is 5.75. The van der Waals surface area contributed by atoms with E-state index < -0.39 is 6.04 Å². The fourth-order valence-corrected chi connectivity index (χ4v) is 3.22. The fraction of sp³-hybridized carbons (Fsp3) is 0.105. The van der Waals surface area contributed by atoms with E-state index in [9.17, 15) is 10.1 Å². The first kappa shape index (κ1) is 18.2. The van der Waals surface area contributed by atoms with Gasteiger partial charge in [-0.15, -0.1) is 4.91 Å². The molecule has 26 heavy (non-hydrogen) atoms. The molecule has 1 N–H and O–H groups in total. The van der Waals surface area contributed by atoms with Crippen LogP contribution in [-0.4, -0.2) is 0 Å². The molecule has 0 aliphatic carbocycles. The molecule has 0 saturated heterocycles. The van der Waals surface area contributed by atoms with E-state index in [0.29, 0.717) is 15.3 Å². The Hall–Kier alpha value is -2.63. The number of hydrogen-bond donors (Lipinski definition) is 1. The Labute approximate surface area is 160 Å². The molecule has 5 nitrogen and oxygen atoms in total. The highest BCUT2D eigenvalue weighted by molar-refractivity contribution is 6.32. The molecule has 1 aromatic heterocycles. The molecule has 0 fully saturated rings. The number of nitroso groups, excluding NO2 is 1. The molecule has 0 amide bonds. The Bertz CT molecular complexity index is 943. The van der Waals surface area contributed by atoms with Crippen molar-refractivity contribution in [1.29, 1.82) is 0 Å². The van der Waals surface area contributed by atoms with Crippen molar-refractivity contribution in [3.63, 3.8) is 0 Å². The predicted octanol–water partition coefficient (Wildman–Crippen LogP) is 5.53. The Morgan fingerprint density at radius 3 is 2.50 bits per heavy atom. The second-order valence-corrected chi connectivity index (χ2v) is 6.57. The van der Waals surface area contributed by atoms with Crippen LogP contribution in [0.15, 0.2) is 66.0 Å². The number of benzene rings is 2. The van der Waals surface area contributed by atoms with E-state index in [1.807, 2.05) is 31.2 Å². The van der Waals surface area contributed by atoms with Crippen LogP contribution in [0.5, 0.6) is 0 Å². The van der Waals surface area contributed by atoms with E-state index in [0.717, 1.165) is 16.9 Å². The molecule has 132 valence electrons. The lowest BCUT2D eigenvalue weighted by Crippen LogP contribution is -2.33. The van der Waals surface area contributed by atoms with Crippen molar-refractivity contribution in [2.24, 2.45) is 5.18 Å². The van der Waals surface area contributed by atoms with Gasteiger partial charge in [0.1, 0.15) is 5.02 Å². The zero-order valence-corrected chi connectivity index (χ0v) is 15.3. The third kappa shape index (κ3) is 3.64. The quantitative estimate of drug-likeness (QED) is 0.355. The van der Waals surface area contributed by atoms with Gasteiger partial charge in [-0.05, 0) is 36.8 Å². The molecule has 3 rings (SSSR count). The second kappa shape index (κ2) is 7.72. The van der Waals surface area contributed by atoms with E-state index in [1.165, 1.54) is 18.3 Å². The molecule has 0 aliphatic heterocycles. The smallest absolute Gasteiger partial charge is 0.244 e. The van der Waals surface area contributed by atoms with Crippen LogP contribution in [0.25, 0.3) is 0 Å². The van der Waals surface area contributed by atoms with E-state index in [4.69, 9.17) is 23.2 Å². The van der Waals surface area contributed by atoms with Crippen LogP contribution in [0, 0.1) is 17.0 Å². The van der Waals surface area contributed by atoms with Crippen LogP contribution in [0.3, 0.4) is 0 Å². The van der Waals surface area contributed by atoms with Crippen LogP contribution in [0.1, 0.15) is 22.9 Å². The molecule has 0 bridgehead atoms. The summed E-state index contributed by atoms with van der Waals surface area (Å²) < 4.78 is 0.532. The summed E-state index contributed by atoms with van der Waals surface area (Å²) in [4.78, 5) is 11.4. The number of rotatable bonds is 5. The molecular formula is C19H15Cl2N3O2. The minimum absolute atomic E-state index is 0.0469. The number of para-hydroxylation sites is 1. The van der Waals surface area contributed by atoms with Crippen molar-refractivity contribution in [3.05, 3.63) is 97.8 Å². The summed E-state index contributed by atoms with van der Waals surface area (Å²) >= 11 is 12.5. The van der Waals surface area contributed by atoms with Gasteiger partial charge in [-0.1, -0.05) is 52.6 Å². The lowest BCUT2D eigenvalue weighted by molar-refractivity contribution is -0.614. The number of pyridine rings is 1. The Morgan fingerprint density at radius 2 is 1.85 bits per heavy atom. The summed E-state index contributed by atoms with van der Waals surface area (Å²) in [6.45, 7) is 2.00. The summed E-state index contributed by atoms with van der Waals surface area (Å²) in [5, 5.41) is 18.9. The highest BCUT2D eigenvalue weighted by atomic mass is 35.5. The zero-order chi connectivity index (χ0) is 18.7. The van der Waals surface area contributed by atoms with E-state index in [1.54, 1.807) is 18.2 Å². The molecule has 1 heterocycles. The molecule has 1 unspecified atom stereocenters. The molecule has 0 saturated carbocycles. The van der Waals surface area contributed by atoms with Gasteiger partial charge in [0.05, 0.1) is 0 Å². The van der Waals surface area contributed by atoms with Gasteiger partial charge in [-0.3, -0.25) is 0 Å². The lowest BCUT2D eigenvalue weighted by Gasteiger charge is -2.15. The highest BCUT2D eigenvalue weighted by Crippen LogP contribution is 2.35. The number of hydrogen-bond acceptors (Lipinski definition) is 4. The van der Waals surface area contributed by atoms with Crippen molar-refractivity contribution >= 4 is 34.6 Å². The summed E-state index contributed by atoms with van der Waals surface area (Å²) in [6, 6.07) is 14.9. The largest absolute Gasteiger partial charge is 0.618 e. The van der Waals surface area contributed by atoms with E-state index in [2.05, 4.69) is 10.5 Å². The Balaban J connectivity index is 1.96. The van der Waals surface area contributed by atoms with Crippen LogP contribution in [0.2, 0.25) is 10.0 Å². The predicted molar refractivity (Wildman–Crippen MR) is 104 cm³/mol. The number of nitrogens with zero attached hydrogens (tertiary/aromatic N) is 2. The van der Waals surface area contributed by atoms with Crippen molar-refractivity contribution in [1.82, 2.24) is 0 Å². The van der Waals surface area contributed by atoms with Gasteiger partial charge in [0.15, 0.2) is 6.20 Å².